The van der Waals surface area contributed by atoms with Gasteiger partial charge < -0.3 is 0 Å². The summed E-state index contributed by atoms with van der Waals surface area (Å²) >= 11 is 1.51. The van der Waals surface area contributed by atoms with Gasteiger partial charge in [0, 0.05) is 12.3 Å². The molecule has 77 valence electrons. The first-order chi connectivity index (χ1) is 7.07. The minimum Gasteiger partial charge on any atom is -0.235 e. The smallest absolute Gasteiger partial charge is 0.192 e. The summed E-state index contributed by atoms with van der Waals surface area (Å²) < 4.78 is 22.6. The van der Waals surface area contributed by atoms with E-state index >= 15 is 0 Å². The highest BCUT2D eigenvalue weighted by Gasteiger charge is 2.10. The van der Waals surface area contributed by atoms with Gasteiger partial charge in [-0.05, 0) is 23.6 Å². The second-order valence-corrected chi connectivity index (χ2v) is 5.94. The lowest BCUT2D eigenvalue weighted by Crippen LogP contribution is -2.00. The fraction of sp³-hybridized carbons (Fsp3) is 0.100. The van der Waals surface area contributed by atoms with Crippen LogP contribution in [0.15, 0.2) is 34.7 Å². The van der Waals surface area contributed by atoms with Crippen LogP contribution in [0, 0.1) is 6.07 Å². The van der Waals surface area contributed by atoms with Gasteiger partial charge in [0.15, 0.2) is 14.9 Å². The summed E-state index contributed by atoms with van der Waals surface area (Å²) in [5.74, 6) is 0. The van der Waals surface area contributed by atoms with E-state index in [2.05, 4.69) is 11.1 Å². The summed E-state index contributed by atoms with van der Waals surface area (Å²) in [6, 6.07) is 9.73. The van der Waals surface area contributed by atoms with Gasteiger partial charge in [-0.1, -0.05) is 6.07 Å². The first-order valence-corrected chi connectivity index (χ1v) is 6.97. The van der Waals surface area contributed by atoms with Gasteiger partial charge in [0.2, 0.25) is 0 Å². The van der Waals surface area contributed by atoms with Crippen molar-refractivity contribution in [2.45, 2.75) is 5.03 Å². The topological polar surface area (TPSA) is 47.0 Å². The molecule has 2 aromatic heterocycles. The van der Waals surface area contributed by atoms with Gasteiger partial charge in [-0.3, -0.25) is 0 Å². The lowest BCUT2D eigenvalue weighted by atomic mass is 10.3. The van der Waals surface area contributed by atoms with Crippen molar-refractivity contribution in [3.63, 3.8) is 0 Å². The summed E-state index contributed by atoms with van der Waals surface area (Å²) in [7, 11) is -3.24. The first-order valence-electron chi connectivity index (χ1n) is 4.20. The summed E-state index contributed by atoms with van der Waals surface area (Å²) in [5, 5.41) is 2.00. The van der Waals surface area contributed by atoms with Crippen molar-refractivity contribution in [3.05, 3.63) is 35.7 Å². The Hall–Kier alpha value is -1.20. The highest BCUT2D eigenvalue weighted by molar-refractivity contribution is 7.90. The number of pyridine rings is 1. The van der Waals surface area contributed by atoms with Crippen LogP contribution in [0.1, 0.15) is 0 Å². The van der Waals surface area contributed by atoms with E-state index < -0.39 is 9.84 Å². The number of thiophene rings is 1. The molecular weight excluding hydrogens is 230 g/mol. The summed E-state index contributed by atoms with van der Waals surface area (Å²) in [6.07, 6.45) is 1.15. The Morgan fingerprint density at radius 3 is 2.80 bits per heavy atom. The predicted octanol–water partition coefficient (Wildman–Crippen LogP) is 2.01. The van der Waals surface area contributed by atoms with Crippen molar-refractivity contribution in [1.82, 2.24) is 4.98 Å². The Morgan fingerprint density at radius 2 is 2.20 bits per heavy atom. The van der Waals surface area contributed by atoms with Gasteiger partial charge in [-0.25, -0.2) is 13.4 Å². The fourth-order valence-corrected chi connectivity index (χ4v) is 2.37. The largest absolute Gasteiger partial charge is 0.235 e. The standard InChI is InChI=1S/C10H8NO2S2/c1-15(12,13)10-6-2-4-8(11-10)9-5-3-7-14-9/h2-3,5-7H,1H3. The molecule has 0 aliphatic heterocycles. The van der Waals surface area contributed by atoms with Gasteiger partial charge in [-0.15, -0.1) is 11.3 Å². The molecule has 0 aliphatic rings. The SMILES string of the molecule is CS(=O)(=O)c1cc[c]c(-c2cccs2)n1. The van der Waals surface area contributed by atoms with Crippen molar-refractivity contribution < 1.29 is 8.42 Å². The van der Waals surface area contributed by atoms with Crippen LogP contribution in [0.2, 0.25) is 0 Å². The molecular formula is C10H8NO2S2. The summed E-state index contributed by atoms with van der Waals surface area (Å²) in [4.78, 5) is 4.97. The third-order valence-corrected chi connectivity index (χ3v) is 3.67. The van der Waals surface area contributed by atoms with Crippen molar-refractivity contribution in [3.8, 4) is 10.6 Å². The number of aromatic nitrogens is 1. The molecule has 0 unspecified atom stereocenters. The number of hydrogen-bond acceptors (Lipinski definition) is 4. The van der Waals surface area contributed by atoms with Crippen molar-refractivity contribution in [2.75, 3.05) is 6.26 Å². The van der Waals surface area contributed by atoms with Crippen LogP contribution in [0.3, 0.4) is 0 Å². The van der Waals surface area contributed by atoms with E-state index in [1.165, 1.54) is 17.4 Å². The van der Waals surface area contributed by atoms with E-state index in [4.69, 9.17) is 0 Å². The lowest BCUT2D eigenvalue weighted by molar-refractivity contribution is 0.598. The van der Waals surface area contributed by atoms with Crippen LogP contribution >= 0.6 is 11.3 Å². The quantitative estimate of drug-likeness (QED) is 0.804. The number of nitrogens with zero attached hydrogens (tertiary/aromatic N) is 1. The Kier molecular flexibility index (Phi) is 2.58. The average Bonchev–Trinajstić information content (AvgIpc) is 2.69. The third kappa shape index (κ3) is 2.24. The van der Waals surface area contributed by atoms with Gasteiger partial charge in [-0.2, -0.15) is 0 Å². The van der Waals surface area contributed by atoms with Gasteiger partial charge in [0.25, 0.3) is 0 Å². The molecule has 2 heterocycles. The molecule has 15 heavy (non-hydrogen) atoms. The Balaban J connectivity index is 2.53. The van der Waals surface area contributed by atoms with Crippen LogP contribution in [0.5, 0.6) is 0 Å². The van der Waals surface area contributed by atoms with Crippen LogP contribution in [-0.2, 0) is 9.84 Å². The zero-order valence-corrected chi connectivity index (χ0v) is 9.60. The van der Waals surface area contributed by atoms with Gasteiger partial charge in [0.05, 0.1) is 10.6 Å². The van der Waals surface area contributed by atoms with Gasteiger partial charge >= 0.3 is 0 Å². The normalized spacial score (nSPS) is 11.5. The second kappa shape index (κ2) is 3.75. The number of rotatable bonds is 2. The second-order valence-electron chi connectivity index (χ2n) is 3.03. The maximum Gasteiger partial charge on any atom is 0.192 e. The molecule has 0 amide bonds. The molecule has 0 atom stereocenters. The molecule has 3 nitrogen and oxygen atoms in total. The van der Waals surface area contributed by atoms with Crippen molar-refractivity contribution in [1.29, 1.82) is 0 Å². The van der Waals surface area contributed by atoms with E-state index in [1.807, 2.05) is 17.5 Å². The number of hydrogen-bond donors (Lipinski definition) is 0. The minimum atomic E-state index is -3.24. The molecule has 0 aliphatic carbocycles. The molecule has 0 saturated carbocycles. The molecule has 0 fully saturated rings. The zero-order valence-electron chi connectivity index (χ0n) is 7.97. The van der Waals surface area contributed by atoms with Crippen LogP contribution in [-0.4, -0.2) is 19.7 Å². The van der Waals surface area contributed by atoms with Crippen LogP contribution in [0.4, 0.5) is 0 Å². The highest BCUT2D eigenvalue weighted by Crippen LogP contribution is 2.22. The lowest BCUT2D eigenvalue weighted by Gasteiger charge is -1.99. The van der Waals surface area contributed by atoms with Crippen LogP contribution in [0.25, 0.3) is 10.6 Å². The Morgan fingerprint density at radius 1 is 1.40 bits per heavy atom. The first kappa shape index (κ1) is 10.3. The van der Waals surface area contributed by atoms with Crippen molar-refractivity contribution >= 4 is 21.2 Å². The molecule has 5 heteroatoms. The zero-order chi connectivity index (χ0) is 10.9. The van der Waals surface area contributed by atoms with E-state index in [9.17, 15) is 8.42 Å². The molecule has 1 radical (unpaired) electrons. The van der Waals surface area contributed by atoms with E-state index in [1.54, 1.807) is 6.07 Å². The Bertz CT molecular complexity index is 559. The van der Waals surface area contributed by atoms with E-state index in [0.717, 1.165) is 11.1 Å². The average molecular weight is 238 g/mol. The maximum atomic E-state index is 11.3. The predicted molar refractivity (Wildman–Crippen MR) is 59.5 cm³/mol. The molecule has 2 aromatic rings. The molecule has 0 N–H and O–H groups in total. The van der Waals surface area contributed by atoms with Gasteiger partial charge in [0.1, 0.15) is 0 Å². The Labute approximate surface area is 92.3 Å². The summed E-state index contributed by atoms with van der Waals surface area (Å²) in [6.45, 7) is 0. The molecule has 0 spiro atoms. The maximum absolute atomic E-state index is 11.3. The van der Waals surface area contributed by atoms with E-state index in [0.29, 0.717) is 5.69 Å². The minimum absolute atomic E-state index is 0.0876. The van der Waals surface area contributed by atoms with Crippen LogP contribution < -0.4 is 0 Å². The van der Waals surface area contributed by atoms with E-state index in [-0.39, 0.29) is 5.03 Å². The van der Waals surface area contributed by atoms with Crippen molar-refractivity contribution in [2.24, 2.45) is 0 Å². The number of sulfone groups is 1. The molecule has 0 saturated heterocycles. The molecule has 2 rings (SSSR count). The molecule has 0 bridgehead atoms. The highest BCUT2D eigenvalue weighted by atomic mass is 32.2. The monoisotopic (exact) mass is 238 g/mol. The fourth-order valence-electron chi connectivity index (χ4n) is 1.12. The third-order valence-electron chi connectivity index (χ3n) is 1.80. The summed E-state index contributed by atoms with van der Waals surface area (Å²) in [5.41, 5.74) is 0.577. The molecule has 0 aromatic carbocycles.